The van der Waals surface area contributed by atoms with Gasteiger partial charge in [0.05, 0.1) is 0 Å². The number of ether oxygens (including phenoxy) is 1. The topological polar surface area (TPSA) is 15.7 Å². The molecule has 0 bridgehead atoms. The van der Waals surface area contributed by atoms with Crippen LogP contribution in [0.2, 0.25) is 0 Å². The van der Waals surface area contributed by atoms with Gasteiger partial charge < -0.3 is 14.5 Å². The van der Waals surface area contributed by atoms with Crippen molar-refractivity contribution in [1.82, 2.24) is 9.80 Å². The molecule has 1 fully saturated rings. The van der Waals surface area contributed by atoms with E-state index in [2.05, 4.69) is 39.8 Å². The van der Waals surface area contributed by atoms with Crippen LogP contribution >= 0.6 is 15.9 Å². The molecular weight excluding hydrogens is 316 g/mol. The van der Waals surface area contributed by atoms with Crippen LogP contribution in [0.1, 0.15) is 12.8 Å². The molecule has 0 radical (unpaired) electrons. The molecule has 2 rings (SSSR count). The Kier molecular flexibility index (Phi) is 6.33. The summed E-state index contributed by atoms with van der Waals surface area (Å²) in [4.78, 5) is 4.82. The SMILES string of the molecule is CN1CCC(CN(C)CCOc2cccc(Br)c2)CC1. The van der Waals surface area contributed by atoms with Gasteiger partial charge in [0, 0.05) is 17.6 Å². The fourth-order valence-corrected chi connectivity index (χ4v) is 3.03. The summed E-state index contributed by atoms with van der Waals surface area (Å²) >= 11 is 3.46. The van der Waals surface area contributed by atoms with E-state index in [4.69, 9.17) is 4.74 Å². The predicted octanol–water partition coefficient (Wildman–Crippen LogP) is 3.10. The lowest BCUT2D eigenvalue weighted by Gasteiger charge is -2.31. The minimum atomic E-state index is 0.750. The molecule has 1 saturated heterocycles. The van der Waals surface area contributed by atoms with Gasteiger partial charge in [-0.15, -0.1) is 0 Å². The summed E-state index contributed by atoms with van der Waals surface area (Å²) in [6.45, 7) is 5.41. The zero-order chi connectivity index (χ0) is 14.4. The van der Waals surface area contributed by atoms with E-state index in [1.54, 1.807) is 0 Å². The second-order valence-electron chi connectivity index (χ2n) is 5.81. The number of halogens is 1. The molecule has 0 aliphatic carbocycles. The van der Waals surface area contributed by atoms with E-state index >= 15 is 0 Å². The van der Waals surface area contributed by atoms with Crippen LogP contribution in [0.15, 0.2) is 28.7 Å². The van der Waals surface area contributed by atoms with Crippen molar-refractivity contribution in [3.63, 3.8) is 0 Å². The number of hydrogen-bond donors (Lipinski definition) is 0. The smallest absolute Gasteiger partial charge is 0.120 e. The first kappa shape index (κ1) is 15.8. The van der Waals surface area contributed by atoms with Crippen LogP contribution in [0.5, 0.6) is 5.75 Å². The molecule has 0 unspecified atom stereocenters. The van der Waals surface area contributed by atoms with Gasteiger partial charge >= 0.3 is 0 Å². The molecule has 1 heterocycles. The van der Waals surface area contributed by atoms with Gasteiger partial charge in [-0.3, -0.25) is 0 Å². The van der Waals surface area contributed by atoms with Gasteiger partial charge in [-0.05, 0) is 64.1 Å². The van der Waals surface area contributed by atoms with Crippen molar-refractivity contribution in [1.29, 1.82) is 0 Å². The third-order valence-electron chi connectivity index (χ3n) is 3.95. The largest absolute Gasteiger partial charge is 0.492 e. The highest BCUT2D eigenvalue weighted by molar-refractivity contribution is 9.10. The summed E-state index contributed by atoms with van der Waals surface area (Å²) in [5, 5.41) is 0. The Hall–Kier alpha value is -0.580. The van der Waals surface area contributed by atoms with Crippen molar-refractivity contribution in [3.8, 4) is 5.75 Å². The standard InChI is InChI=1S/C16H25BrN2O/c1-18-8-6-14(7-9-18)13-19(2)10-11-20-16-5-3-4-15(17)12-16/h3-5,12,14H,6-11,13H2,1-2H3. The highest BCUT2D eigenvalue weighted by Gasteiger charge is 2.17. The second kappa shape index (κ2) is 8.01. The van der Waals surface area contributed by atoms with Crippen molar-refractivity contribution in [3.05, 3.63) is 28.7 Å². The Balaban J connectivity index is 1.64. The number of likely N-dealkylation sites (tertiary alicyclic amines) is 1. The Morgan fingerprint density at radius 3 is 2.80 bits per heavy atom. The summed E-state index contributed by atoms with van der Waals surface area (Å²) in [6, 6.07) is 8.03. The maximum absolute atomic E-state index is 5.78. The predicted molar refractivity (Wildman–Crippen MR) is 87.4 cm³/mol. The average molecular weight is 341 g/mol. The van der Waals surface area contributed by atoms with E-state index in [0.29, 0.717) is 0 Å². The van der Waals surface area contributed by atoms with E-state index in [1.807, 2.05) is 24.3 Å². The summed E-state index contributed by atoms with van der Waals surface area (Å²) in [5.74, 6) is 1.79. The Morgan fingerprint density at radius 1 is 1.35 bits per heavy atom. The second-order valence-corrected chi connectivity index (χ2v) is 6.73. The van der Waals surface area contributed by atoms with E-state index in [-0.39, 0.29) is 0 Å². The first-order chi connectivity index (χ1) is 9.63. The molecule has 0 aromatic heterocycles. The lowest BCUT2D eigenvalue weighted by molar-refractivity contribution is 0.162. The molecule has 0 saturated carbocycles. The maximum Gasteiger partial charge on any atom is 0.120 e. The highest BCUT2D eigenvalue weighted by atomic mass is 79.9. The monoisotopic (exact) mass is 340 g/mol. The molecule has 0 atom stereocenters. The maximum atomic E-state index is 5.78. The molecule has 0 amide bonds. The molecular formula is C16H25BrN2O. The average Bonchev–Trinajstić information content (AvgIpc) is 2.41. The summed E-state index contributed by atoms with van der Waals surface area (Å²) in [7, 11) is 4.41. The molecule has 3 nitrogen and oxygen atoms in total. The zero-order valence-corrected chi connectivity index (χ0v) is 14.1. The van der Waals surface area contributed by atoms with Crippen molar-refractivity contribution in [2.45, 2.75) is 12.8 Å². The molecule has 1 aliphatic heterocycles. The summed E-state index contributed by atoms with van der Waals surface area (Å²) in [5.41, 5.74) is 0. The fraction of sp³-hybridized carbons (Fsp3) is 0.625. The molecule has 0 N–H and O–H groups in total. The van der Waals surface area contributed by atoms with Gasteiger partial charge in [0.15, 0.2) is 0 Å². The Bertz CT molecular complexity index is 405. The first-order valence-corrected chi connectivity index (χ1v) is 8.18. The van der Waals surface area contributed by atoms with Gasteiger partial charge in [-0.2, -0.15) is 0 Å². The van der Waals surface area contributed by atoms with Crippen molar-refractivity contribution < 1.29 is 4.74 Å². The van der Waals surface area contributed by atoms with Crippen molar-refractivity contribution in [2.24, 2.45) is 5.92 Å². The van der Waals surface area contributed by atoms with E-state index in [1.165, 1.54) is 32.5 Å². The van der Waals surface area contributed by atoms with E-state index in [0.717, 1.165) is 29.3 Å². The van der Waals surface area contributed by atoms with Crippen LogP contribution in [-0.2, 0) is 0 Å². The molecule has 0 spiro atoms. The molecule has 1 aromatic carbocycles. The van der Waals surface area contributed by atoms with Crippen LogP contribution in [0, 0.1) is 5.92 Å². The zero-order valence-electron chi connectivity index (χ0n) is 12.5. The molecule has 20 heavy (non-hydrogen) atoms. The van der Waals surface area contributed by atoms with Crippen molar-refractivity contribution >= 4 is 15.9 Å². The summed E-state index contributed by atoms with van der Waals surface area (Å²) < 4.78 is 6.85. The quantitative estimate of drug-likeness (QED) is 0.791. The first-order valence-electron chi connectivity index (χ1n) is 7.39. The van der Waals surface area contributed by atoms with Crippen LogP contribution in [-0.4, -0.2) is 56.7 Å². The van der Waals surface area contributed by atoms with Crippen molar-refractivity contribution in [2.75, 3.05) is 46.9 Å². The van der Waals surface area contributed by atoms with E-state index < -0.39 is 0 Å². The number of likely N-dealkylation sites (N-methyl/N-ethyl adjacent to an activating group) is 1. The van der Waals surface area contributed by atoms with Crippen LogP contribution in [0.4, 0.5) is 0 Å². The minimum absolute atomic E-state index is 0.750. The van der Waals surface area contributed by atoms with Crippen LogP contribution in [0.25, 0.3) is 0 Å². The van der Waals surface area contributed by atoms with Crippen LogP contribution in [0.3, 0.4) is 0 Å². The van der Waals surface area contributed by atoms with Gasteiger partial charge in [0.1, 0.15) is 12.4 Å². The molecule has 112 valence electrons. The van der Waals surface area contributed by atoms with Gasteiger partial charge in [0.2, 0.25) is 0 Å². The summed E-state index contributed by atoms with van der Waals surface area (Å²) in [6.07, 6.45) is 2.65. The third-order valence-corrected chi connectivity index (χ3v) is 4.44. The minimum Gasteiger partial charge on any atom is -0.492 e. The van der Waals surface area contributed by atoms with Gasteiger partial charge in [-0.25, -0.2) is 0 Å². The number of hydrogen-bond acceptors (Lipinski definition) is 3. The van der Waals surface area contributed by atoms with E-state index in [9.17, 15) is 0 Å². The number of benzene rings is 1. The van der Waals surface area contributed by atoms with Gasteiger partial charge in [-0.1, -0.05) is 22.0 Å². The van der Waals surface area contributed by atoms with Crippen LogP contribution < -0.4 is 4.74 Å². The number of piperidine rings is 1. The van der Waals surface area contributed by atoms with Gasteiger partial charge in [0.25, 0.3) is 0 Å². The highest BCUT2D eigenvalue weighted by Crippen LogP contribution is 2.18. The Labute approximate surface area is 131 Å². The normalized spacial score (nSPS) is 17.6. The Morgan fingerprint density at radius 2 is 2.10 bits per heavy atom. The molecule has 1 aliphatic rings. The molecule has 4 heteroatoms. The number of nitrogens with zero attached hydrogens (tertiary/aromatic N) is 2. The fourth-order valence-electron chi connectivity index (χ4n) is 2.65. The molecule has 1 aromatic rings. The number of rotatable bonds is 6. The lowest BCUT2D eigenvalue weighted by atomic mass is 9.97. The lowest BCUT2D eigenvalue weighted by Crippen LogP contribution is -2.36. The third kappa shape index (κ3) is 5.43.